The van der Waals surface area contributed by atoms with E-state index in [0.717, 1.165) is 88.5 Å². The largest absolute Gasteiger partial charge is 0.497 e. The third-order valence-corrected chi connectivity index (χ3v) is 15.4. The Morgan fingerprint density at radius 1 is 0.419 bits per heavy atom. The number of aryl methyl sites for hydroxylation is 1. The number of carbonyl (C=O) groups is 6. The van der Waals surface area contributed by atoms with E-state index in [2.05, 4.69) is 4.90 Å². The number of carbonyl (C=O) groups excluding carboxylic acids is 6. The quantitative estimate of drug-likeness (QED) is 0.0770. The van der Waals surface area contributed by atoms with Crippen LogP contribution in [-0.4, -0.2) is 116 Å². The van der Waals surface area contributed by atoms with E-state index in [-0.39, 0.29) is 36.2 Å². The first-order chi connectivity index (χ1) is 40.8. The molecule has 3 atom stereocenters. The van der Waals surface area contributed by atoms with Crippen molar-refractivity contribution < 1.29 is 61.9 Å². The molecule has 466 valence electrons. The number of rotatable bonds is 20. The van der Waals surface area contributed by atoms with Crippen molar-refractivity contribution in [2.45, 2.75) is 185 Å². The Kier molecular flexibility index (Phi) is 25.2. The van der Waals surface area contributed by atoms with Crippen LogP contribution in [0, 0.1) is 6.92 Å². The number of allylic oxidation sites excluding steroid dienone is 6. The standard InChI is InChI=1S/C24H31NO4.C23H31NO5.C23H31NO4/c1-6-14-28-23(26)20-16(4)25(19-12-13-19)17(5)21(24(27)29-15(2)3)22(20)18-10-8-7-9-11-18;1-8-13-28-22(25)19-15(4)24(6)16(5)20(23(26)29-14(2)3)21(19)17-9-11-18(27-7)12-10-17;1-8-13-27-22(25)19-16(5)24(7)17(6)20(23(26)28-14(2)3)21(19)18-11-9-15(4)10-12-18/h7-11,15,19,22H,6,12-14H2,1-5H3;9-12,14,21H,8,13H2,1-7H3;9-12,14,21H,8,13H2,1-7H3. The van der Waals surface area contributed by atoms with E-state index in [0.29, 0.717) is 65.1 Å². The fourth-order valence-electron chi connectivity index (χ4n) is 10.7. The number of methoxy groups -OCH3 is 1. The van der Waals surface area contributed by atoms with Gasteiger partial charge in [0.2, 0.25) is 0 Å². The summed E-state index contributed by atoms with van der Waals surface area (Å²) in [7, 11) is 5.29. The summed E-state index contributed by atoms with van der Waals surface area (Å²) in [5, 5.41) is 0. The highest BCUT2D eigenvalue weighted by Crippen LogP contribution is 2.48. The monoisotopic (exact) mass is 1180 g/mol. The molecule has 3 aromatic rings. The van der Waals surface area contributed by atoms with Gasteiger partial charge in [-0.3, -0.25) is 0 Å². The molecule has 3 heterocycles. The van der Waals surface area contributed by atoms with E-state index >= 15 is 0 Å². The van der Waals surface area contributed by atoms with Crippen LogP contribution in [0.4, 0.5) is 0 Å². The number of esters is 6. The zero-order chi connectivity index (χ0) is 63.9. The van der Waals surface area contributed by atoms with E-state index < -0.39 is 35.7 Å². The normalized spacial score (nSPS) is 18.0. The van der Waals surface area contributed by atoms with Gasteiger partial charge in [0.25, 0.3) is 0 Å². The van der Waals surface area contributed by atoms with E-state index in [1.165, 1.54) is 0 Å². The third-order valence-electron chi connectivity index (χ3n) is 15.4. The molecule has 3 aliphatic heterocycles. The van der Waals surface area contributed by atoms with E-state index in [1.807, 2.05) is 200 Å². The van der Waals surface area contributed by atoms with Crippen molar-refractivity contribution >= 4 is 35.8 Å². The van der Waals surface area contributed by atoms with Gasteiger partial charge in [-0.25, -0.2) is 28.8 Å². The molecule has 4 aliphatic rings. The van der Waals surface area contributed by atoms with Crippen LogP contribution in [0.1, 0.15) is 176 Å². The topological polar surface area (TPSA) is 177 Å². The lowest BCUT2D eigenvalue weighted by Crippen LogP contribution is -2.37. The molecule has 3 unspecified atom stereocenters. The fraction of sp³-hybridized carbons (Fsp3) is 0.486. The van der Waals surface area contributed by atoms with Gasteiger partial charge in [-0.05, 0) is 151 Å². The van der Waals surface area contributed by atoms with Crippen LogP contribution >= 0.6 is 0 Å². The Morgan fingerprint density at radius 2 is 0.709 bits per heavy atom. The molecular weight excluding hydrogens is 1090 g/mol. The zero-order valence-electron chi connectivity index (χ0n) is 54.4. The molecule has 0 amide bonds. The smallest absolute Gasteiger partial charge is 0.337 e. The molecule has 3 aromatic carbocycles. The highest BCUT2D eigenvalue weighted by atomic mass is 16.6. The predicted molar refractivity (Wildman–Crippen MR) is 333 cm³/mol. The van der Waals surface area contributed by atoms with Gasteiger partial charge in [-0.1, -0.05) is 93.1 Å². The fourth-order valence-corrected chi connectivity index (χ4v) is 10.7. The lowest BCUT2D eigenvalue weighted by Gasteiger charge is -2.38. The van der Waals surface area contributed by atoms with Crippen LogP contribution in [0.2, 0.25) is 0 Å². The van der Waals surface area contributed by atoms with Gasteiger partial charge in [0.05, 0.1) is 96.4 Å². The molecule has 0 bridgehead atoms. The van der Waals surface area contributed by atoms with Crippen LogP contribution in [-0.2, 0) is 57.2 Å². The highest BCUT2D eigenvalue weighted by Gasteiger charge is 2.45. The molecule has 16 nitrogen and oxygen atoms in total. The second-order valence-corrected chi connectivity index (χ2v) is 22.9. The van der Waals surface area contributed by atoms with Crippen LogP contribution in [0.3, 0.4) is 0 Å². The molecule has 0 spiro atoms. The van der Waals surface area contributed by atoms with Crippen molar-refractivity contribution in [2.24, 2.45) is 0 Å². The van der Waals surface area contributed by atoms with E-state index in [4.69, 9.17) is 33.2 Å². The molecule has 1 fully saturated rings. The molecule has 86 heavy (non-hydrogen) atoms. The van der Waals surface area contributed by atoms with Gasteiger partial charge in [-0.15, -0.1) is 0 Å². The summed E-state index contributed by atoms with van der Waals surface area (Å²) in [5.74, 6) is -3.27. The molecule has 1 aliphatic carbocycles. The Hall–Kier alpha value is -7.88. The summed E-state index contributed by atoms with van der Waals surface area (Å²) in [4.78, 5) is 84.3. The first-order valence-corrected chi connectivity index (χ1v) is 30.2. The second kappa shape index (κ2) is 31.5. The van der Waals surface area contributed by atoms with Gasteiger partial charge in [0.1, 0.15) is 5.75 Å². The summed E-state index contributed by atoms with van der Waals surface area (Å²) in [6.45, 7) is 31.2. The van der Waals surface area contributed by atoms with Crippen molar-refractivity contribution in [3.8, 4) is 5.75 Å². The maximum absolute atomic E-state index is 13.2. The van der Waals surface area contributed by atoms with Crippen LogP contribution in [0.5, 0.6) is 5.75 Å². The van der Waals surface area contributed by atoms with Crippen LogP contribution in [0.25, 0.3) is 0 Å². The summed E-state index contributed by atoms with van der Waals surface area (Å²) in [6.07, 6.45) is 3.54. The molecule has 7 rings (SSSR count). The van der Waals surface area contributed by atoms with E-state index in [1.54, 1.807) is 21.0 Å². The van der Waals surface area contributed by atoms with Crippen molar-refractivity contribution in [2.75, 3.05) is 41.0 Å². The molecule has 0 N–H and O–H groups in total. The number of nitrogens with zero attached hydrogens (tertiary/aromatic N) is 3. The number of hydrogen-bond donors (Lipinski definition) is 0. The van der Waals surface area contributed by atoms with Gasteiger partial charge in [0.15, 0.2) is 0 Å². The Morgan fingerprint density at radius 3 is 1.01 bits per heavy atom. The minimum atomic E-state index is -0.576. The van der Waals surface area contributed by atoms with Crippen molar-refractivity contribution in [3.05, 3.63) is 169 Å². The van der Waals surface area contributed by atoms with Gasteiger partial charge in [-0.2, -0.15) is 0 Å². The highest BCUT2D eigenvalue weighted by molar-refractivity contribution is 6.02. The summed E-state index contributed by atoms with van der Waals surface area (Å²) >= 11 is 0. The van der Waals surface area contributed by atoms with Crippen LogP contribution < -0.4 is 4.74 Å². The third kappa shape index (κ3) is 16.5. The van der Waals surface area contributed by atoms with Crippen LogP contribution in [0.15, 0.2) is 146 Å². The molecule has 16 heteroatoms. The Bertz CT molecular complexity index is 3120. The molecule has 0 radical (unpaired) electrons. The molecule has 0 saturated heterocycles. The maximum Gasteiger partial charge on any atom is 0.337 e. The predicted octanol–water partition coefficient (Wildman–Crippen LogP) is 13.4. The SMILES string of the molecule is CCCOC(=O)C1=C(C)N(C)C(C)=C(C(=O)OC(C)C)C1c1ccc(C)cc1.CCCOC(=O)C1=C(C)N(C)C(C)=C(C(=O)OC(C)C)C1c1ccc(OC)cc1.CCCOC(=O)C1=C(C)N(C2CC2)C(C)=C(C(=O)OC(C)C)C1c1ccccc1. The average molecular weight is 1180 g/mol. The number of ether oxygens (including phenoxy) is 7. The molecule has 0 aromatic heterocycles. The first-order valence-electron chi connectivity index (χ1n) is 30.2. The zero-order valence-corrected chi connectivity index (χ0v) is 54.4. The van der Waals surface area contributed by atoms with Crippen molar-refractivity contribution in [1.82, 2.24) is 14.7 Å². The minimum absolute atomic E-state index is 0.240. The molecular formula is C70H93N3O13. The summed E-state index contributed by atoms with van der Waals surface area (Å²) < 4.78 is 38.4. The lowest BCUT2D eigenvalue weighted by molar-refractivity contribution is -0.144. The number of hydrogen-bond acceptors (Lipinski definition) is 16. The van der Waals surface area contributed by atoms with Gasteiger partial charge < -0.3 is 47.9 Å². The Balaban J connectivity index is 0.000000236. The van der Waals surface area contributed by atoms with Crippen molar-refractivity contribution in [3.63, 3.8) is 0 Å². The number of benzene rings is 3. The van der Waals surface area contributed by atoms with Gasteiger partial charge in [0, 0.05) is 54.3 Å². The molecule has 1 saturated carbocycles. The average Bonchev–Trinajstić information content (AvgIpc) is 1.61. The Labute approximate surface area is 510 Å². The second-order valence-electron chi connectivity index (χ2n) is 22.9. The first kappa shape index (κ1) is 68.9. The summed E-state index contributed by atoms with van der Waals surface area (Å²) in [5.41, 5.74) is 11.4. The lowest BCUT2D eigenvalue weighted by atomic mass is 9.79. The summed E-state index contributed by atoms with van der Waals surface area (Å²) in [6, 6.07) is 25.3. The van der Waals surface area contributed by atoms with E-state index in [9.17, 15) is 28.8 Å². The van der Waals surface area contributed by atoms with Gasteiger partial charge >= 0.3 is 35.8 Å². The minimum Gasteiger partial charge on any atom is -0.497 e. The van der Waals surface area contributed by atoms with Crippen molar-refractivity contribution in [1.29, 1.82) is 0 Å². The maximum atomic E-state index is 13.2.